The minimum atomic E-state index is 0.944. The van der Waals surface area contributed by atoms with Crippen molar-refractivity contribution in [2.24, 2.45) is 0 Å². The third-order valence-corrected chi connectivity index (χ3v) is 7.60. The number of nitrogens with zero attached hydrogens (tertiary/aromatic N) is 5. The van der Waals surface area contributed by atoms with Crippen LogP contribution in [0.2, 0.25) is 0 Å². The third-order valence-electron chi connectivity index (χ3n) is 7.60. The van der Waals surface area contributed by atoms with Gasteiger partial charge in [-0.1, -0.05) is 42.5 Å². The van der Waals surface area contributed by atoms with E-state index >= 15 is 0 Å². The summed E-state index contributed by atoms with van der Waals surface area (Å²) < 4.78 is 4.29. The molecule has 36 heavy (non-hydrogen) atoms. The zero-order chi connectivity index (χ0) is 23.9. The van der Waals surface area contributed by atoms with Gasteiger partial charge in [-0.3, -0.25) is 0 Å². The molecule has 0 bridgehead atoms. The number of hydrogen-bond acceptors (Lipinski definition) is 3. The lowest BCUT2D eigenvalue weighted by molar-refractivity contribution is 0.653. The molecule has 0 atom stereocenters. The molecule has 0 radical (unpaired) electrons. The van der Waals surface area contributed by atoms with E-state index in [4.69, 9.17) is 15.2 Å². The van der Waals surface area contributed by atoms with Crippen LogP contribution in [-0.2, 0) is 25.7 Å². The van der Waals surface area contributed by atoms with Gasteiger partial charge in [0.05, 0.1) is 22.8 Å². The summed E-state index contributed by atoms with van der Waals surface area (Å²) in [7, 11) is 0. The fourth-order valence-corrected chi connectivity index (χ4v) is 5.87. The topological polar surface area (TPSA) is 48.5 Å². The van der Waals surface area contributed by atoms with Crippen LogP contribution in [-0.4, -0.2) is 24.5 Å². The first-order chi connectivity index (χ1) is 17.9. The highest BCUT2D eigenvalue weighted by Gasteiger charge is 2.26. The molecule has 0 fully saturated rings. The van der Waals surface area contributed by atoms with Gasteiger partial charge < -0.3 is 0 Å². The Kier molecular flexibility index (Phi) is 5.27. The summed E-state index contributed by atoms with van der Waals surface area (Å²) in [5, 5.41) is 10.3. The van der Waals surface area contributed by atoms with Crippen molar-refractivity contribution in [2.45, 2.75) is 51.4 Å². The lowest BCUT2D eigenvalue weighted by Gasteiger charge is -2.14. The zero-order valence-corrected chi connectivity index (χ0v) is 20.4. The molecule has 0 N–H and O–H groups in total. The smallest absolute Gasteiger partial charge is 0.115 e. The Morgan fingerprint density at radius 1 is 0.472 bits per heavy atom. The molecule has 7 rings (SSSR count). The Morgan fingerprint density at radius 2 is 0.917 bits per heavy atom. The molecule has 5 aromatic rings. The van der Waals surface area contributed by atoms with Crippen molar-refractivity contribution in [2.75, 3.05) is 0 Å². The second-order valence-electron chi connectivity index (χ2n) is 9.86. The quantitative estimate of drug-likeness (QED) is 0.299. The van der Waals surface area contributed by atoms with Crippen LogP contribution in [0.4, 0.5) is 0 Å². The zero-order valence-electron chi connectivity index (χ0n) is 20.4. The SMILES string of the molecule is c1ccc(-n2nc(-c3cccc(-c4nn(-c5ccccc5)c5c4CCCC5)n3)c3c2CCCC3)cc1. The highest BCUT2D eigenvalue weighted by atomic mass is 15.3. The molecule has 2 aliphatic rings. The lowest BCUT2D eigenvalue weighted by Crippen LogP contribution is -2.07. The summed E-state index contributed by atoms with van der Waals surface area (Å²) in [6.07, 6.45) is 9.06. The van der Waals surface area contributed by atoms with E-state index in [1.807, 2.05) is 0 Å². The number of para-hydroxylation sites is 2. The van der Waals surface area contributed by atoms with Gasteiger partial charge in [-0.05, 0) is 87.8 Å². The van der Waals surface area contributed by atoms with E-state index in [1.165, 1.54) is 48.2 Å². The highest BCUT2D eigenvalue weighted by molar-refractivity contribution is 5.68. The third kappa shape index (κ3) is 3.58. The van der Waals surface area contributed by atoms with Crippen LogP contribution in [0.25, 0.3) is 34.2 Å². The summed E-state index contributed by atoms with van der Waals surface area (Å²) in [4.78, 5) is 5.19. The number of hydrogen-bond donors (Lipinski definition) is 0. The molecule has 0 spiro atoms. The van der Waals surface area contributed by atoms with E-state index in [9.17, 15) is 0 Å². The predicted octanol–water partition coefficient (Wildman–Crippen LogP) is 6.54. The van der Waals surface area contributed by atoms with Gasteiger partial charge in [-0.2, -0.15) is 10.2 Å². The molecule has 3 heterocycles. The van der Waals surface area contributed by atoms with Crippen molar-refractivity contribution < 1.29 is 0 Å². The van der Waals surface area contributed by atoms with Crippen molar-refractivity contribution in [3.8, 4) is 34.2 Å². The molecule has 0 amide bonds. The molecule has 0 saturated heterocycles. The van der Waals surface area contributed by atoms with Gasteiger partial charge in [0.25, 0.3) is 0 Å². The number of fused-ring (bicyclic) bond motifs is 2. The minimum absolute atomic E-state index is 0.944. The lowest BCUT2D eigenvalue weighted by atomic mass is 9.93. The minimum Gasteiger partial charge on any atom is -0.244 e. The van der Waals surface area contributed by atoms with Crippen molar-refractivity contribution in [3.63, 3.8) is 0 Å². The second kappa shape index (κ2) is 8.90. The summed E-state index contributed by atoms with van der Waals surface area (Å²) in [6.45, 7) is 0. The second-order valence-corrected chi connectivity index (χ2v) is 9.86. The summed E-state index contributed by atoms with van der Waals surface area (Å²) in [6, 6.07) is 27.3. The highest BCUT2D eigenvalue weighted by Crippen LogP contribution is 2.35. The molecule has 2 aliphatic carbocycles. The van der Waals surface area contributed by atoms with E-state index < -0.39 is 0 Å². The number of rotatable bonds is 4. The van der Waals surface area contributed by atoms with Gasteiger partial charge in [-0.15, -0.1) is 0 Å². The van der Waals surface area contributed by atoms with E-state index in [2.05, 4.69) is 88.2 Å². The molecule has 0 saturated carbocycles. The van der Waals surface area contributed by atoms with Gasteiger partial charge >= 0.3 is 0 Å². The number of pyridine rings is 1. The summed E-state index contributed by atoms with van der Waals surface area (Å²) in [5.74, 6) is 0. The van der Waals surface area contributed by atoms with E-state index in [0.29, 0.717) is 0 Å². The number of benzene rings is 2. The average Bonchev–Trinajstić information content (AvgIpc) is 3.54. The number of aromatic nitrogens is 5. The first-order valence-electron chi connectivity index (χ1n) is 13.2. The van der Waals surface area contributed by atoms with Crippen LogP contribution >= 0.6 is 0 Å². The summed E-state index contributed by atoms with van der Waals surface area (Å²) >= 11 is 0. The van der Waals surface area contributed by atoms with Crippen LogP contribution in [0.3, 0.4) is 0 Å². The fraction of sp³-hybridized carbons (Fsp3) is 0.258. The van der Waals surface area contributed by atoms with E-state index in [0.717, 1.165) is 59.8 Å². The molecule has 5 nitrogen and oxygen atoms in total. The first-order valence-corrected chi connectivity index (χ1v) is 13.2. The Labute approximate surface area is 211 Å². The molecule has 178 valence electrons. The fourth-order valence-electron chi connectivity index (χ4n) is 5.87. The first kappa shape index (κ1) is 21.3. The largest absolute Gasteiger partial charge is 0.244 e. The van der Waals surface area contributed by atoms with Gasteiger partial charge in [0.2, 0.25) is 0 Å². The Morgan fingerprint density at radius 3 is 1.39 bits per heavy atom. The molecular weight excluding hydrogens is 442 g/mol. The normalized spacial score (nSPS) is 14.9. The van der Waals surface area contributed by atoms with Crippen molar-refractivity contribution >= 4 is 0 Å². The predicted molar refractivity (Wildman–Crippen MR) is 143 cm³/mol. The maximum atomic E-state index is 5.19. The Hall–Kier alpha value is -3.99. The van der Waals surface area contributed by atoms with E-state index in [1.54, 1.807) is 0 Å². The molecule has 3 aromatic heterocycles. The summed E-state index contributed by atoms with van der Waals surface area (Å²) in [5.41, 5.74) is 11.5. The molecule has 0 unspecified atom stereocenters. The Bertz CT molecular complexity index is 1420. The Balaban J connectivity index is 1.35. The van der Waals surface area contributed by atoms with Crippen LogP contribution in [0.5, 0.6) is 0 Å². The maximum absolute atomic E-state index is 5.19. The average molecular weight is 472 g/mol. The van der Waals surface area contributed by atoms with Crippen molar-refractivity contribution in [1.82, 2.24) is 24.5 Å². The van der Waals surface area contributed by atoms with Crippen molar-refractivity contribution in [1.29, 1.82) is 0 Å². The monoisotopic (exact) mass is 471 g/mol. The van der Waals surface area contributed by atoms with Crippen LogP contribution in [0.1, 0.15) is 48.2 Å². The molecular formula is C31H29N5. The van der Waals surface area contributed by atoms with Gasteiger partial charge in [0.1, 0.15) is 11.4 Å². The van der Waals surface area contributed by atoms with Gasteiger partial charge in [-0.25, -0.2) is 14.3 Å². The molecule has 0 aliphatic heterocycles. The molecule has 5 heteroatoms. The standard InChI is InChI=1S/C31H29N5/c1-3-12-22(13-4-1)35-28-20-9-7-16-24(28)30(33-35)26-18-11-19-27(32-26)31-25-17-8-10-21-29(25)36(34-31)23-14-5-2-6-15-23/h1-6,11-15,18-19H,7-10,16-17,20-21H2. The van der Waals surface area contributed by atoms with Crippen LogP contribution < -0.4 is 0 Å². The molecule has 2 aromatic carbocycles. The van der Waals surface area contributed by atoms with Crippen molar-refractivity contribution in [3.05, 3.63) is 101 Å². The maximum Gasteiger partial charge on any atom is 0.115 e. The van der Waals surface area contributed by atoms with Crippen LogP contribution in [0.15, 0.2) is 78.9 Å². The van der Waals surface area contributed by atoms with Gasteiger partial charge in [0, 0.05) is 22.5 Å². The van der Waals surface area contributed by atoms with Crippen LogP contribution in [0, 0.1) is 0 Å². The van der Waals surface area contributed by atoms with Gasteiger partial charge in [0.15, 0.2) is 0 Å². The van der Waals surface area contributed by atoms with E-state index in [-0.39, 0.29) is 0 Å².